The number of carbonyl (C=O) groups is 2. The monoisotopic (exact) mass is 496 g/mol. The van der Waals surface area contributed by atoms with Gasteiger partial charge < -0.3 is 4.74 Å². The number of rotatable bonds is 15. The maximum atomic E-state index is 12.6. The third-order valence-corrected chi connectivity index (χ3v) is 6.80. The Kier molecular flexibility index (Phi) is 16.8. The molecule has 0 N–H and O–H groups in total. The summed E-state index contributed by atoms with van der Waals surface area (Å²) in [7, 11) is 0. The molecule has 0 unspecified atom stereocenters. The number of carbonyl (C=O) groups excluding carboxylic acids is 2. The van der Waals surface area contributed by atoms with Crippen molar-refractivity contribution in [1.82, 2.24) is 0 Å². The van der Waals surface area contributed by atoms with E-state index < -0.39 is 5.41 Å². The van der Waals surface area contributed by atoms with Gasteiger partial charge in [-0.25, -0.2) is 0 Å². The molecule has 0 saturated carbocycles. The third-order valence-electron chi connectivity index (χ3n) is 6.80. The molecule has 0 aliphatic heterocycles. The molecule has 0 bridgehead atoms. The van der Waals surface area contributed by atoms with E-state index in [1.807, 2.05) is 32.9 Å². The topological polar surface area (TPSA) is 43.4 Å². The van der Waals surface area contributed by atoms with E-state index in [9.17, 15) is 9.59 Å². The smallest absolute Gasteiger partial charge is 0.306 e. The van der Waals surface area contributed by atoms with Gasteiger partial charge in [0.25, 0.3) is 0 Å². The second-order valence-electron chi connectivity index (χ2n) is 10.8. The molecule has 0 saturated heterocycles. The van der Waals surface area contributed by atoms with Gasteiger partial charge in [-0.15, -0.1) is 0 Å². The van der Waals surface area contributed by atoms with Crippen LogP contribution in [0.3, 0.4) is 0 Å². The number of allylic oxidation sites excluding steroid dienone is 8. The highest BCUT2D eigenvalue weighted by Gasteiger charge is 2.29. The van der Waals surface area contributed by atoms with Crippen LogP contribution in [0.5, 0.6) is 0 Å². The number of ketones is 1. The number of hydrogen-bond donors (Lipinski definition) is 0. The minimum Gasteiger partial charge on any atom is -0.457 e. The largest absolute Gasteiger partial charge is 0.457 e. The van der Waals surface area contributed by atoms with Gasteiger partial charge in [-0.2, -0.15) is 0 Å². The molecule has 0 amide bonds. The molecule has 0 fully saturated rings. The minimum absolute atomic E-state index is 0.0258. The van der Waals surface area contributed by atoms with Gasteiger partial charge >= 0.3 is 5.97 Å². The van der Waals surface area contributed by atoms with Crippen LogP contribution in [0.15, 0.2) is 59.8 Å². The highest BCUT2D eigenvalue weighted by molar-refractivity contribution is 6.03. The highest BCUT2D eigenvalue weighted by atomic mass is 16.5. The summed E-state index contributed by atoms with van der Waals surface area (Å²) in [6.45, 7) is 10.2. The van der Waals surface area contributed by atoms with Crippen LogP contribution in [0.25, 0.3) is 0 Å². The number of unbranched alkanes of at least 4 members (excludes halogenated alkanes) is 8. The maximum Gasteiger partial charge on any atom is 0.306 e. The van der Waals surface area contributed by atoms with E-state index in [1.54, 1.807) is 6.08 Å². The van der Waals surface area contributed by atoms with E-state index in [0.29, 0.717) is 6.42 Å². The average molecular weight is 497 g/mol. The Bertz CT molecular complexity index is 792. The standard InChI is InChI=1S/C33H52O3/c1-6-7-8-9-10-11-12-13-14-15-16-17-18-19-20-24-32(35)36-31-27-28(2)22-21-23-29(3)30(34)25-26-33(31,4)5/h10-11,13-14,23,25-27,31H,6-9,12,15-22,24H2,1-5H3/b11-10-,14-13-,26-25-,28-27-,29-23-/t31-/m1/s1. The van der Waals surface area contributed by atoms with Crippen LogP contribution in [-0.4, -0.2) is 17.9 Å². The number of ether oxygens (including phenoxy) is 1. The van der Waals surface area contributed by atoms with E-state index in [-0.39, 0.29) is 17.9 Å². The van der Waals surface area contributed by atoms with E-state index in [1.165, 1.54) is 44.1 Å². The van der Waals surface area contributed by atoms with Gasteiger partial charge in [0, 0.05) is 11.8 Å². The lowest BCUT2D eigenvalue weighted by Gasteiger charge is -2.29. The van der Waals surface area contributed by atoms with Gasteiger partial charge in [-0.3, -0.25) is 9.59 Å². The average Bonchev–Trinajstić information content (AvgIpc) is 2.85. The van der Waals surface area contributed by atoms with Gasteiger partial charge in [0.15, 0.2) is 5.78 Å². The van der Waals surface area contributed by atoms with Crippen LogP contribution in [0, 0.1) is 5.41 Å². The van der Waals surface area contributed by atoms with Crippen LogP contribution in [0.1, 0.15) is 125 Å². The van der Waals surface area contributed by atoms with Gasteiger partial charge in [-0.1, -0.05) is 94.9 Å². The molecule has 202 valence electrons. The van der Waals surface area contributed by atoms with Crippen molar-refractivity contribution >= 4 is 11.8 Å². The second-order valence-corrected chi connectivity index (χ2v) is 10.8. The molecular formula is C33H52O3. The van der Waals surface area contributed by atoms with Crippen LogP contribution in [0.4, 0.5) is 0 Å². The second kappa shape index (κ2) is 19.0. The first kappa shape index (κ1) is 31.9. The zero-order chi connectivity index (χ0) is 26.7. The van der Waals surface area contributed by atoms with E-state index in [4.69, 9.17) is 4.74 Å². The summed E-state index contributed by atoms with van der Waals surface area (Å²) >= 11 is 0. The molecule has 3 heteroatoms. The first-order valence-electron chi connectivity index (χ1n) is 14.3. The predicted molar refractivity (Wildman–Crippen MR) is 154 cm³/mol. The van der Waals surface area contributed by atoms with Crippen molar-refractivity contribution in [1.29, 1.82) is 0 Å². The fourth-order valence-corrected chi connectivity index (χ4v) is 4.16. The lowest BCUT2D eigenvalue weighted by atomic mass is 9.84. The zero-order valence-electron chi connectivity index (χ0n) is 23.8. The fraction of sp³-hybridized carbons (Fsp3) is 0.636. The molecule has 0 aromatic carbocycles. The molecular weight excluding hydrogens is 444 g/mol. The van der Waals surface area contributed by atoms with Gasteiger partial charge in [0.05, 0.1) is 0 Å². The van der Waals surface area contributed by atoms with Crippen molar-refractivity contribution in [3.8, 4) is 0 Å². The Morgan fingerprint density at radius 2 is 1.61 bits per heavy atom. The predicted octanol–water partition coefficient (Wildman–Crippen LogP) is 9.55. The molecule has 3 nitrogen and oxygen atoms in total. The van der Waals surface area contributed by atoms with Crippen molar-refractivity contribution < 1.29 is 14.3 Å². The lowest BCUT2D eigenvalue weighted by Crippen LogP contribution is -2.31. The van der Waals surface area contributed by atoms with Crippen molar-refractivity contribution in [2.75, 3.05) is 0 Å². The summed E-state index contributed by atoms with van der Waals surface area (Å²) in [6.07, 6.45) is 31.3. The normalized spacial score (nSPS) is 22.6. The van der Waals surface area contributed by atoms with Crippen molar-refractivity contribution in [3.05, 3.63) is 59.8 Å². The maximum absolute atomic E-state index is 12.6. The van der Waals surface area contributed by atoms with Crippen LogP contribution in [0.2, 0.25) is 0 Å². The third kappa shape index (κ3) is 15.1. The highest BCUT2D eigenvalue weighted by Crippen LogP contribution is 2.29. The molecule has 1 atom stereocenters. The Labute approximate surface area is 221 Å². The Hall–Kier alpha value is -2.16. The first-order valence-corrected chi connectivity index (χ1v) is 14.3. The van der Waals surface area contributed by atoms with E-state index in [2.05, 4.69) is 44.2 Å². The zero-order valence-corrected chi connectivity index (χ0v) is 23.8. The van der Waals surface area contributed by atoms with Gasteiger partial charge in [0.1, 0.15) is 6.10 Å². The Morgan fingerprint density at radius 1 is 0.972 bits per heavy atom. The Morgan fingerprint density at radius 3 is 2.31 bits per heavy atom. The molecule has 0 spiro atoms. The van der Waals surface area contributed by atoms with Crippen LogP contribution >= 0.6 is 0 Å². The summed E-state index contributed by atoms with van der Waals surface area (Å²) in [4.78, 5) is 24.9. The van der Waals surface area contributed by atoms with Crippen LogP contribution < -0.4 is 0 Å². The van der Waals surface area contributed by atoms with Crippen molar-refractivity contribution in [3.63, 3.8) is 0 Å². The molecule has 1 rings (SSSR count). The van der Waals surface area contributed by atoms with Crippen LogP contribution in [-0.2, 0) is 14.3 Å². The molecule has 0 radical (unpaired) electrons. The molecule has 1 aliphatic carbocycles. The molecule has 36 heavy (non-hydrogen) atoms. The molecule has 1 aliphatic rings. The summed E-state index contributed by atoms with van der Waals surface area (Å²) in [5.74, 6) is -0.121. The quantitative estimate of drug-likeness (QED) is 0.129. The summed E-state index contributed by atoms with van der Waals surface area (Å²) in [5, 5.41) is 0. The first-order chi connectivity index (χ1) is 17.3. The van der Waals surface area contributed by atoms with Crippen molar-refractivity contribution in [2.24, 2.45) is 5.41 Å². The van der Waals surface area contributed by atoms with Crippen molar-refractivity contribution in [2.45, 2.75) is 131 Å². The molecule has 0 aromatic rings. The number of hydrogen-bond acceptors (Lipinski definition) is 3. The summed E-state index contributed by atoms with van der Waals surface area (Å²) in [6, 6.07) is 0. The molecule has 0 heterocycles. The summed E-state index contributed by atoms with van der Waals surface area (Å²) in [5.41, 5.74) is 1.51. The Balaban J connectivity index is 2.31. The minimum atomic E-state index is -0.449. The van der Waals surface area contributed by atoms with Gasteiger partial charge in [0.2, 0.25) is 0 Å². The number of esters is 1. The van der Waals surface area contributed by atoms with E-state index in [0.717, 1.165) is 50.5 Å². The lowest BCUT2D eigenvalue weighted by molar-refractivity contribution is -0.150. The van der Waals surface area contributed by atoms with E-state index >= 15 is 0 Å². The SMILES string of the molecule is CCCCC/C=C\C/C=C\CCCCCCCC(=O)O[C@@H]1/C=C(/C)CC/C=C(/C)C(=O)/C=C\C1(C)C. The van der Waals surface area contributed by atoms with Gasteiger partial charge in [-0.05, 0) is 82.9 Å². The molecule has 0 aromatic heterocycles. The summed E-state index contributed by atoms with van der Waals surface area (Å²) < 4.78 is 5.92. The fourth-order valence-electron chi connectivity index (χ4n) is 4.16.